The van der Waals surface area contributed by atoms with Gasteiger partial charge < -0.3 is 18.6 Å². The zero-order valence-electron chi connectivity index (χ0n) is 19.1. The number of fused-ring (bicyclic) bond motifs is 2. The fraction of sp³-hybridized carbons (Fsp3) is 0.160. The molecular weight excluding hydrogens is 484 g/mol. The number of imidazole rings is 1. The van der Waals surface area contributed by atoms with Crippen LogP contribution in [0, 0.1) is 6.92 Å². The predicted octanol–water partition coefficient (Wildman–Crippen LogP) is 6.23. The van der Waals surface area contributed by atoms with E-state index in [0.29, 0.717) is 34.6 Å². The molecule has 0 N–H and O–H groups in total. The van der Waals surface area contributed by atoms with Crippen molar-refractivity contribution in [2.75, 3.05) is 14.2 Å². The quantitative estimate of drug-likeness (QED) is 0.255. The summed E-state index contributed by atoms with van der Waals surface area (Å²) in [5, 5.41) is 8.92. The van der Waals surface area contributed by atoms with Gasteiger partial charge in [0.15, 0.2) is 5.76 Å². The molecule has 0 spiro atoms. The zero-order valence-corrected chi connectivity index (χ0v) is 20.8. The van der Waals surface area contributed by atoms with Gasteiger partial charge in [0, 0.05) is 28.0 Å². The Bertz CT molecular complexity index is 1630. The number of hydrogen-bond donors (Lipinski definition) is 0. The molecular formula is C25H20N4O4S2. The van der Waals surface area contributed by atoms with Crippen LogP contribution >= 0.6 is 22.7 Å². The number of nitrogens with zero attached hydrogens (tertiary/aromatic N) is 4. The van der Waals surface area contributed by atoms with E-state index in [1.165, 1.54) is 11.3 Å². The van der Waals surface area contributed by atoms with Crippen molar-refractivity contribution in [3.8, 4) is 39.4 Å². The number of rotatable bonds is 7. The van der Waals surface area contributed by atoms with E-state index in [2.05, 4.69) is 20.4 Å². The molecule has 6 rings (SSSR count). The summed E-state index contributed by atoms with van der Waals surface area (Å²) in [5.41, 5.74) is 4.32. The average Bonchev–Trinajstić information content (AvgIpc) is 3.64. The minimum absolute atomic E-state index is 0.350. The van der Waals surface area contributed by atoms with E-state index in [9.17, 15) is 0 Å². The van der Waals surface area contributed by atoms with Gasteiger partial charge >= 0.3 is 0 Å². The molecule has 0 saturated heterocycles. The summed E-state index contributed by atoms with van der Waals surface area (Å²) >= 11 is 3.00. The fourth-order valence-electron chi connectivity index (χ4n) is 3.83. The van der Waals surface area contributed by atoms with Crippen LogP contribution in [0.2, 0.25) is 0 Å². The molecule has 0 fully saturated rings. The monoisotopic (exact) mass is 504 g/mol. The molecule has 0 saturated carbocycles. The van der Waals surface area contributed by atoms with E-state index < -0.39 is 0 Å². The molecule has 0 radical (unpaired) electrons. The summed E-state index contributed by atoms with van der Waals surface area (Å²) in [6.45, 7) is 2.35. The van der Waals surface area contributed by atoms with Crippen molar-refractivity contribution in [3.05, 3.63) is 64.6 Å². The third kappa shape index (κ3) is 4.11. The Morgan fingerprint density at radius 1 is 1.00 bits per heavy atom. The Labute approximate surface area is 208 Å². The van der Waals surface area contributed by atoms with Crippen molar-refractivity contribution >= 4 is 38.6 Å². The van der Waals surface area contributed by atoms with Crippen LogP contribution in [-0.4, -0.2) is 33.8 Å². The molecule has 0 amide bonds. The van der Waals surface area contributed by atoms with Gasteiger partial charge in [-0.15, -0.1) is 16.4 Å². The molecule has 0 atom stereocenters. The van der Waals surface area contributed by atoms with Crippen molar-refractivity contribution in [2.45, 2.75) is 13.5 Å². The highest BCUT2D eigenvalue weighted by Crippen LogP contribution is 2.34. The summed E-state index contributed by atoms with van der Waals surface area (Å²) in [4.78, 5) is 9.93. The van der Waals surface area contributed by atoms with Gasteiger partial charge in [-0.05, 0) is 42.5 Å². The minimum atomic E-state index is 0.350. The van der Waals surface area contributed by atoms with Crippen LogP contribution in [0.15, 0.2) is 58.5 Å². The molecule has 0 unspecified atom stereocenters. The van der Waals surface area contributed by atoms with E-state index in [-0.39, 0.29) is 0 Å². The van der Waals surface area contributed by atoms with Gasteiger partial charge in [0.25, 0.3) is 5.19 Å². The number of hydrogen-bond acceptors (Lipinski definition) is 9. The molecule has 0 aliphatic heterocycles. The van der Waals surface area contributed by atoms with E-state index in [1.807, 2.05) is 55.6 Å². The van der Waals surface area contributed by atoms with Gasteiger partial charge in [-0.1, -0.05) is 12.1 Å². The number of furan rings is 1. The Morgan fingerprint density at radius 2 is 1.91 bits per heavy atom. The lowest BCUT2D eigenvalue weighted by Gasteiger charge is -2.10. The number of methoxy groups -OCH3 is 2. The van der Waals surface area contributed by atoms with Gasteiger partial charge in [-0.2, -0.15) is 0 Å². The van der Waals surface area contributed by atoms with Gasteiger partial charge in [0.05, 0.1) is 31.1 Å². The van der Waals surface area contributed by atoms with E-state index in [1.54, 1.807) is 30.1 Å². The lowest BCUT2D eigenvalue weighted by molar-refractivity contribution is 0.307. The molecule has 2 aromatic carbocycles. The van der Waals surface area contributed by atoms with Crippen molar-refractivity contribution < 1.29 is 18.6 Å². The smallest absolute Gasteiger partial charge is 0.294 e. The normalized spacial score (nSPS) is 11.4. The third-order valence-corrected chi connectivity index (χ3v) is 7.18. The SMILES string of the molecule is COc1cc(COc2cccc(-c3csc(C)n3)c2)c2cc(-c3cn4nc(OC)sc4n3)oc2c1. The van der Waals surface area contributed by atoms with Crippen LogP contribution in [0.3, 0.4) is 0 Å². The number of thiazole rings is 1. The Morgan fingerprint density at radius 3 is 2.69 bits per heavy atom. The summed E-state index contributed by atoms with van der Waals surface area (Å²) < 4.78 is 24.7. The number of ether oxygens (including phenoxy) is 3. The molecule has 6 aromatic rings. The summed E-state index contributed by atoms with van der Waals surface area (Å²) in [6, 6.07) is 13.8. The topological polar surface area (TPSA) is 83.9 Å². The second kappa shape index (κ2) is 8.71. The van der Waals surface area contributed by atoms with Crippen LogP contribution < -0.4 is 14.2 Å². The Kier molecular flexibility index (Phi) is 5.39. The molecule has 4 heterocycles. The van der Waals surface area contributed by atoms with Crippen LogP contribution in [0.25, 0.3) is 38.6 Å². The maximum Gasteiger partial charge on any atom is 0.294 e. The van der Waals surface area contributed by atoms with Crippen molar-refractivity contribution in [1.29, 1.82) is 0 Å². The molecule has 10 heteroatoms. The third-order valence-electron chi connectivity index (χ3n) is 5.53. The summed E-state index contributed by atoms with van der Waals surface area (Å²) in [6.07, 6.45) is 1.82. The van der Waals surface area contributed by atoms with Gasteiger partial charge in [0.1, 0.15) is 29.4 Å². The van der Waals surface area contributed by atoms with Crippen LogP contribution in [0.1, 0.15) is 10.6 Å². The standard InChI is InChI=1S/C25H20N4O4S2/c1-14-26-21(13-34-14)15-5-4-6-17(7-15)32-12-16-8-18(30-2)9-22-19(16)10-23(33-22)20-11-29-24(27-20)35-25(28-29)31-3/h4-11,13H,12H2,1-3H3. The average molecular weight is 505 g/mol. The first-order valence-electron chi connectivity index (χ1n) is 10.8. The van der Waals surface area contributed by atoms with Crippen LogP contribution in [0.4, 0.5) is 0 Å². The first-order chi connectivity index (χ1) is 17.1. The van der Waals surface area contributed by atoms with Gasteiger partial charge in [0.2, 0.25) is 4.96 Å². The second-order valence-electron chi connectivity index (χ2n) is 7.80. The second-order valence-corrected chi connectivity index (χ2v) is 9.78. The first-order valence-corrected chi connectivity index (χ1v) is 12.5. The predicted molar refractivity (Wildman–Crippen MR) is 136 cm³/mol. The maximum absolute atomic E-state index is 6.18. The van der Waals surface area contributed by atoms with Crippen LogP contribution in [0.5, 0.6) is 16.7 Å². The highest BCUT2D eigenvalue weighted by Gasteiger charge is 2.17. The van der Waals surface area contributed by atoms with Crippen molar-refractivity contribution in [2.24, 2.45) is 0 Å². The minimum Gasteiger partial charge on any atom is -0.497 e. The highest BCUT2D eigenvalue weighted by molar-refractivity contribution is 7.18. The van der Waals surface area contributed by atoms with Crippen molar-refractivity contribution in [3.63, 3.8) is 0 Å². The molecule has 35 heavy (non-hydrogen) atoms. The molecule has 176 valence electrons. The van der Waals surface area contributed by atoms with E-state index in [4.69, 9.17) is 18.6 Å². The Balaban J connectivity index is 1.31. The van der Waals surface area contributed by atoms with Gasteiger partial charge in [-0.25, -0.2) is 14.5 Å². The zero-order chi connectivity index (χ0) is 23.9. The van der Waals surface area contributed by atoms with E-state index in [0.717, 1.165) is 37.9 Å². The number of aryl methyl sites for hydroxylation is 1. The molecule has 0 aliphatic rings. The highest BCUT2D eigenvalue weighted by atomic mass is 32.1. The molecule has 4 aromatic heterocycles. The van der Waals surface area contributed by atoms with Gasteiger partial charge in [-0.3, -0.25) is 0 Å². The number of benzene rings is 2. The lowest BCUT2D eigenvalue weighted by Crippen LogP contribution is -1.97. The summed E-state index contributed by atoms with van der Waals surface area (Å²) in [5.74, 6) is 2.11. The largest absolute Gasteiger partial charge is 0.497 e. The number of aromatic nitrogens is 4. The summed E-state index contributed by atoms with van der Waals surface area (Å²) in [7, 11) is 3.23. The first kappa shape index (κ1) is 21.6. The molecule has 0 bridgehead atoms. The maximum atomic E-state index is 6.18. The van der Waals surface area contributed by atoms with Crippen molar-refractivity contribution in [1.82, 2.24) is 19.6 Å². The Hall–Kier alpha value is -3.89. The fourth-order valence-corrected chi connectivity index (χ4v) is 5.15. The molecule has 0 aliphatic carbocycles. The lowest BCUT2D eigenvalue weighted by atomic mass is 10.1. The van der Waals surface area contributed by atoms with E-state index >= 15 is 0 Å². The molecule has 8 nitrogen and oxygen atoms in total. The van der Waals surface area contributed by atoms with Crippen LogP contribution in [-0.2, 0) is 6.61 Å².